The van der Waals surface area contributed by atoms with Gasteiger partial charge in [0, 0.05) is 16.4 Å². The Labute approximate surface area is 97.5 Å². The fourth-order valence-electron chi connectivity index (χ4n) is 1.91. The second-order valence-corrected chi connectivity index (χ2v) is 3.51. The fourth-order valence-corrected chi connectivity index (χ4v) is 1.91. The van der Waals surface area contributed by atoms with Crippen LogP contribution in [-0.4, -0.2) is 43.2 Å². The van der Waals surface area contributed by atoms with E-state index in [1.165, 1.54) is 0 Å². The maximum Gasteiger partial charge on any atom is 0.658 e. The number of nitrogens with zero attached hydrogens (tertiary/aromatic N) is 5. The molecule has 13 nitrogen and oxygen atoms in total. The highest BCUT2D eigenvalue weighted by Crippen LogP contribution is 2.31. The Morgan fingerprint density at radius 3 is 1.83 bits per heavy atom. The van der Waals surface area contributed by atoms with E-state index in [1.807, 2.05) is 0 Å². The Bertz CT molecular complexity index is 384. The van der Waals surface area contributed by atoms with Gasteiger partial charge in [-0.05, 0) is 6.42 Å². The zero-order chi connectivity index (χ0) is 14.1. The largest absolute Gasteiger partial charge is 0.658 e. The number of hydrazine groups is 1. The summed E-state index contributed by atoms with van der Waals surface area (Å²) in [4.78, 5) is 38.7. The molecule has 0 aromatic heterocycles. The molecule has 13 heteroatoms. The number of rotatable bonds is 4. The standard InChI is InChI=1S/C5H7N5O8/c11-7(12)4-2-1-3-6(10(17)18)5(4,8(13)14)9(15)16/h4H,1-3H2. The smallest absolute Gasteiger partial charge is 0.264 e. The second kappa shape index (κ2) is 4.34. The fraction of sp³-hybridized carbons (Fsp3) is 1.00. The van der Waals surface area contributed by atoms with Gasteiger partial charge in [0.15, 0.2) is 5.03 Å². The van der Waals surface area contributed by atoms with Gasteiger partial charge < -0.3 is 0 Å². The highest BCUT2D eigenvalue weighted by Gasteiger charge is 2.81. The average molecular weight is 265 g/mol. The van der Waals surface area contributed by atoms with Crippen molar-refractivity contribution in [3.63, 3.8) is 0 Å². The van der Waals surface area contributed by atoms with Crippen LogP contribution in [0.25, 0.3) is 0 Å². The minimum absolute atomic E-state index is 0.115. The lowest BCUT2D eigenvalue weighted by Gasteiger charge is -2.27. The molecule has 1 aliphatic rings. The monoisotopic (exact) mass is 265 g/mol. The Balaban J connectivity index is 3.46. The summed E-state index contributed by atoms with van der Waals surface area (Å²) in [7, 11) is 0. The molecular weight excluding hydrogens is 258 g/mol. The van der Waals surface area contributed by atoms with Crippen molar-refractivity contribution in [3.8, 4) is 0 Å². The molecule has 0 spiro atoms. The van der Waals surface area contributed by atoms with Gasteiger partial charge >= 0.3 is 11.8 Å². The molecule has 1 saturated heterocycles. The van der Waals surface area contributed by atoms with Crippen LogP contribution in [0, 0.1) is 40.5 Å². The first kappa shape index (κ1) is 13.5. The van der Waals surface area contributed by atoms with Crippen LogP contribution in [0.15, 0.2) is 0 Å². The van der Waals surface area contributed by atoms with E-state index < -0.39 is 44.6 Å². The molecular formula is C5H7N5O8. The zero-order valence-electron chi connectivity index (χ0n) is 8.70. The summed E-state index contributed by atoms with van der Waals surface area (Å²) in [6.07, 6.45) is -0.588. The van der Waals surface area contributed by atoms with Crippen molar-refractivity contribution in [3.05, 3.63) is 40.5 Å². The second-order valence-electron chi connectivity index (χ2n) is 3.51. The van der Waals surface area contributed by atoms with Crippen molar-refractivity contribution in [1.82, 2.24) is 5.01 Å². The number of hydrogen-bond donors (Lipinski definition) is 0. The first-order valence-corrected chi connectivity index (χ1v) is 4.60. The van der Waals surface area contributed by atoms with Crippen molar-refractivity contribution in [2.45, 2.75) is 24.7 Å². The van der Waals surface area contributed by atoms with Gasteiger partial charge in [-0.15, -0.1) is 0 Å². The molecule has 1 atom stereocenters. The molecule has 0 aromatic carbocycles. The first-order valence-electron chi connectivity index (χ1n) is 4.60. The van der Waals surface area contributed by atoms with Gasteiger partial charge in [-0.25, -0.2) is 10.1 Å². The van der Waals surface area contributed by atoms with Crippen LogP contribution < -0.4 is 0 Å². The average Bonchev–Trinajstić information content (AvgIpc) is 2.26. The molecule has 0 bridgehead atoms. The quantitative estimate of drug-likeness (QED) is 0.354. The van der Waals surface area contributed by atoms with E-state index in [-0.39, 0.29) is 11.4 Å². The van der Waals surface area contributed by atoms with Crippen LogP contribution in [0.3, 0.4) is 0 Å². The van der Waals surface area contributed by atoms with E-state index in [0.29, 0.717) is 0 Å². The summed E-state index contributed by atoms with van der Waals surface area (Å²) >= 11 is 0. The predicted molar refractivity (Wildman–Crippen MR) is 50.4 cm³/mol. The Hall–Kier alpha value is -2.60. The lowest BCUT2D eigenvalue weighted by atomic mass is 9.99. The van der Waals surface area contributed by atoms with E-state index in [0.717, 1.165) is 0 Å². The predicted octanol–water partition coefficient (Wildman–Crippen LogP) is -0.874. The molecule has 1 aliphatic heterocycles. The maximum absolute atomic E-state index is 10.9. The van der Waals surface area contributed by atoms with E-state index in [1.54, 1.807) is 0 Å². The molecule has 1 rings (SSSR count). The van der Waals surface area contributed by atoms with Crippen molar-refractivity contribution in [1.29, 1.82) is 0 Å². The molecule has 1 heterocycles. The first-order chi connectivity index (χ1) is 8.26. The van der Waals surface area contributed by atoms with Crippen LogP contribution >= 0.6 is 0 Å². The van der Waals surface area contributed by atoms with E-state index >= 15 is 0 Å². The minimum atomic E-state index is -3.56. The van der Waals surface area contributed by atoms with Crippen molar-refractivity contribution < 1.29 is 19.8 Å². The van der Waals surface area contributed by atoms with Crippen molar-refractivity contribution in [2.75, 3.05) is 6.54 Å². The maximum atomic E-state index is 10.9. The van der Waals surface area contributed by atoms with Crippen molar-refractivity contribution >= 4 is 0 Å². The number of piperidine rings is 1. The number of nitro groups is 4. The Morgan fingerprint density at radius 2 is 1.50 bits per heavy atom. The Kier molecular flexibility index (Phi) is 3.25. The molecule has 0 saturated carbocycles. The van der Waals surface area contributed by atoms with E-state index in [2.05, 4.69) is 0 Å². The summed E-state index contributed by atoms with van der Waals surface area (Å²) in [5.74, 6) is -3.56. The molecule has 0 aliphatic carbocycles. The third kappa shape index (κ3) is 1.64. The highest BCUT2D eigenvalue weighted by atomic mass is 16.7. The number of hydrogen-bond acceptors (Lipinski definition) is 8. The van der Waals surface area contributed by atoms with E-state index in [9.17, 15) is 40.5 Å². The molecule has 0 radical (unpaired) electrons. The van der Waals surface area contributed by atoms with Crippen LogP contribution in [0.2, 0.25) is 0 Å². The molecule has 0 N–H and O–H groups in total. The summed E-state index contributed by atoms with van der Waals surface area (Å²) in [6.45, 7) is -0.598. The van der Waals surface area contributed by atoms with Crippen LogP contribution in [0.4, 0.5) is 0 Å². The lowest BCUT2D eigenvalue weighted by molar-refractivity contribution is -0.926. The van der Waals surface area contributed by atoms with E-state index in [4.69, 9.17) is 0 Å². The van der Waals surface area contributed by atoms with Crippen LogP contribution in [0.1, 0.15) is 12.8 Å². The summed E-state index contributed by atoms with van der Waals surface area (Å²) < 4.78 is 0. The molecule has 0 amide bonds. The summed E-state index contributed by atoms with van der Waals surface area (Å²) in [5, 5.41) is 41.4. The minimum Gasteiger partial charge on any atom is -0.264 e. The third-order valence-electron chi connectivity index (χ3n) is 2.66. The van der Waals surface area contributed by atoms with Gasteiger partial charge in [-0.3, -0.25) is 30.3 Å². The third-order valence-corrected chi connectivity index (χ3v) is 2.66. The van der Waals surface area contributed by atoms with Gasteiger partial charge in [0.1, 0.15) is 9.85 Å². The van der Waals surface area contributed by atoms with Gasteiger partial charge in [-0.1, -0.05) is 0 Å². The van der Waals surface area contributed by atoms with Crippen molar-refractivity contribution in [2.24, 2.45) is 0 Å². The highest BCUT2D eigenvalue weighted by molar-refractivity contribution is 4.80. The zero-order valence-corrected chi connectivity index (χ0v) is 8.70. The SMILES string of the molecule is O=[N+]([O-])C1CCCN([N+](=O)[O-])C1([N+](=O)[O-])[N+](=O)[O-]. The molecule has 100 valence electrons. The van der Waals surface area contributed by atoms with Crippen LogP contribution in [0.5, 0.6) is 0 Å². The van der Waals surface area contributed by atoms with Gasteiger partial charge in [0.05, 0.1) is 6.54 Å². The Morgan fingerprint density at radius 1 is 1.00 bits per heavy atom. The van der Waals surface area contributed by atoms with Gasteiger partial charge in [0.2, 0.25) is 0 Å². The molecule has 0 aromatic rings. The summed E-state index contributed by atoms with van der Waals surface area (Å²) in [6, 6.07) is -2.28. The van der Waals surface area contributed by atoms with Gasteiger partial charge in [-0.2, -0.15) is 0 Å². The molecule has 18 heavy (non-hydrogen) atoms. The van der Waals surface area contributed by atoms with Crippen LogP contribution in [-0.2, 0) is 0 Å². The lowest BCUT2D eigenvalue weighted by Crippen LogP contribution is -2.72. The topological polar surface area (TPSA) is 176 Å². The van der Waals surface area contributed by atoms with Gasteiger partial charge in [0.25, 0.3) is 0 Å². The molecule has 1 unspecified atom stereocenters. The molecule has 1 fully saturated rings. The normalized spacial score (nSPS) is 22.2. The summed E-state index contributed by atoms with van der Waals surface area (Å²) in [5.41, 5.74) is 0.